The van der Waals surface area contributed by atoms with Crippen LogP contribution in [0.4, 0.5) is 4.39 Å². The van der Waals surface area contributed by atoms with Crippen LogP contribution >= 0.6 is 0 Å². The predicted octanol–water partition coefficient (Wildman–Crippen LogP) is 4.43. The Morgan fingerprint density at radius 1 is 1.05 bits per heavy atom. The molecular formula is C17H17FO. The van der Waals surface area contributed by atoms with Gasteiger partial charge >= 0.3 is 0 Å². The highest BCUT2D eigenvalue weighted by molar-refractivity contribution is 5.75. The van der Waals surface area contributed by atoms with Crippen molar-refractivity contribution in [3.63, 3.8) is 0 Å². The number of fused-ring (bicyclic) bond motifs is 1. The van der Waals surface area contributed by atoms with E-state index in [1.165, 1.54) is 5.56 Å². The van der Waals surface area contributed by atoms with Crippen LogP contribution in [0.15, 0.2) is 30.3 Å². The van der Waals surface area contributed by atoms with Gasteiger partial charge in [0.15, 0.2) is 0 Å². The molecule has 0 bridgehead atoms. The molecule has 2 aromatic carbocycles. The molecule has 2 aromatic rings. The van der Waals surface area contributed by atoms with Crippen molar-refractivity contribution in [2.45, 2.75) is 26.7 Å². The van der Waals surface area contributed by atoms with E-state index in [1.807, 2.05) is 0 Å². The summed E-state index contributed by atoms with van der Waals surface area (Å²) in [5, 5.41) is 0. The van der Waals surface area contributed by atoms with Crippen LogP contribution in [-0.4, -0.2) is 6.61 Å². The van der Waals surface area contributed by atoms with Crippen molar-refractivity contribution < 1.29 is 9.13 Å². The standard InChI is InChI=1S/C17H17FO/c1-11-5-6-15(12(2)8-11)16-10-14(18)9-13-4-3-7-19-17(13)16/h5-6,8-10H,3-4,7H2,1-2H3. The maximum absolute atomic E-state index is 13.8. The number of aryl methyl sites for hydroxylation is 3. The molecule has 0 N–H and O–H groups in total. The molecule has 1 aliphatic rings. The van der Waals surface area contributed by atoms with Gasteiger partial charge in [-0.3, -0.25) is 0 Å². The fourth-order valence-electron chi connectivity index (χ4n) is 2.76. The predicted molar refractivity (Wildman–Crippen MR) is 75.1 cm³/mol. The molecule has 0 aromatic heterocycles. The van der Waals surface area contributed by atoms with E-state index in [0.29, 0.717) is 0 Å². The van der Waals surface area contributed by atoms with Gasteiger partial charge in [0.2, 0.25) is 0 Å². The maximum Gasteiger partial charge on any atom is 0.130 e. The van der Waals surface area contributed by atoms with E-state index >= 15 is 0 Å². The van der Waals surface area contributed by atoms with Gasteiger partial charge in [0.05, 0.1) is 6.61 Å². The van der Waals surface area contributed by atoms with Gasteiger partial charge in [0.1, 0.15) is 11.6 Å². The van der Waals surface area contributed by atoms with Crippen molar-refractivity contribution in [3.05, 3.63) is 52.8 Å². The first-order valence-electron chi connectivity index (χ1n) is 6.68. The topological polar surface area (TPSA) is 9.23 Å². The molecule has 0 radical (unpaired) electrons. The van der Waals surface area contributed by atoms with Gasteiger partial charge in [-0.15, -0.1) is 0 Å². The second-order valence-electron chi connectivity index (χ2n) is 5.21. The van der Waals surface area contributed by atoms with Crippen LogP contribution in [0.2, 0.25) is 0 Å². The lowest BCUT2D eigenvalue weighted by Crippen LogP contribution is -2.10. The number of benzene rings is 2. The van der Waals surface area contributed by atoms with E-state index in [2.05, 4.69) is 32.0 Å². The molecule has 19 heavy (non-hydrogen) atoms. The summed E-state index contributed by atoms with van der Waals surface area (Å²) in [6.07, 6.45) is 1.85. The summed E-state index contributed by atoms with van der Waals surface area (Å²) in [4.78, 5) is 0. The van der Waals surface area contributed by atoms with E-state index in [9.17, 15) is 4.39 Å². The Morgan fingerprint density at radius 2 is 1.89 bits per heavy atom. The number of hydrogen-bond acceptors (Lipinski definition) is 1. The second kappa shape index (κ2) is 4.69. The van der Waals surface area contributed by atoms with Gasteiger partial charge in [0, 0.05) is 5.56 Å². The molecule has 1 nitrogen and oxygen atoms in total. The van der Waals surface area contributed by atoms with Crippen LogP contribution in [-0.2, 0) is 6.42 Å². The highest BCUT2D eigenvalue weighted by Gasteiger charge is 2.18. The molecule has 0 spiro atoms. The minimum Gasteiger partial charge on any atom is -0.493 e. The largest absolute Gasteiger partial charge is 0.493 e. The van der Waals surface area contributed by atoms with Crippen LogP contribution < -0.4 is 4.74 Å². The highest BCUT2D eigenvalue weighted by atomic mass is 19.1. The van der Waals surface area contributed by atoms with Crippen molar-refractivity contribution in [1.29, 1.82) is 0 Å². The minimum atomic E-state index is -0.181. The van der Waals surface area contributed by atoms with Crippen LogP contribution in [0, 0.1) is 19.7 Å². The number of ether oxygens (including phenoxy) is 1. The monoisotopic (exact) mass is 256 g/mol. The Hall–Kier alpha value is -1.83. The average Bonchev–Trinajstić information content (AvgIpc) is 2.38. The lowest BCUT2D eigenvalue weighted by Gasteiger charge is -2.21. The third-order valence-corrected chi connectivity index (χ3v) is 3.64. The van der Waals surface area contributed by atoms with E-state index < -0.39 is 0 Å². The summed E-state index contributed by atoms with van der Waals surface area (Å²) in [6, 6.07) is 9.42. The molecule has 0 unspecified atom stereocenters. The van der Waals surface area contributed by atoms with Gasteiger partial charge in [-0.1, -0.05) is 23.8 Å². The molecule has 0 fully saturated rings. The Morgan fingerprint density at radius 3 is 2.68 bits per heavy atom. The van der Waals surface area contributed by atoms with Crippen molar-refractivity contribution >= 4 is 0 Å². The molecule has 98 valence electrons. The fourth-order valence-corrected chi connectivity index (χ4v) is 2.76. The molecule has 0 saturated heterocycles. The lowest BCUT2D eigenvalue weighted by molar-refractivity contribution is 0.289. The summed E-state index contributed by atoms with van der Waals surface area (Å²) < 4.78 is 19.6. The molecule has 0 amide bonds. The zero-order valence-electron chi connectivity index (χ0n) is 11.3. The zero-order chi connectivity index (χ0) is 13.4. The van der Waals surface area contributed by atoms with Gasteiger partial charge in [-0.05, 0) is 55.5 Å². The lowest BCUT2D eigenvalue weighted by atomic mass is 9.94. The Labute approximate surface area is 113 Å². The first-order valence-corrected chi connectivity index (χ1v) is 6.68. The van der Waals surface area contributed by atoms with E-state index in [0.717, 1.165) is 47.5 Å². The molecule has 0 saturated carbocycles. The summed E-state index contributed by atoms with van der Waals surface area (Å²) in [5.74, 6) is 0.679. The van der Waals surface area contributed by atoms with E-state index in [-0.39, 0.29) is 5.82 Å². The summed E-state index contributed by atoms with van der Waals surface area (Å²) in [7, 11) is 0. The van der Waals surface area contributed by atoms with Gasteiger partial charge in [-0.25, -0.2) is 4.39 Å². The summed E-state index contributed by atoms with van der Waals surface area (Å²) in [5.41, 5.74) is 5.30. The number of rotatable bonds is 1. The number of hydrogen-bond donors (Lipinski definition) is 0. The normalized spacial score (nSPS) is 13.8. The quantitative estimate of drug-likeness (QED) is 0.733. The van der Waals surface area contributed by atoms with Crippen molar-refractivity contribution in [3.8, 4) is 16.9 Å². The fraction of sp³-hybridized carbons (Fsp3) is 0.294. The van der Waals surface area contributed by atoms with Gasteiger partial charge in [0.25, 0.3) is 0 Å². The molecule has 0 aliphatic carbocycles. The van der Waals surface area contributed by atoms with Gasteiger partial charge < -0.3 is 4.74 Å². The Balaban J connectivity index is 2.21. The third kappa shape index (κ3) is 2.23. The Kier molecular flexibility index (Phi) is 3.02. The summed E-state index contributed by atoms with van der Waals surface area (Å²) >= 11 is 0. The average molecular weight is 256 g/mol. The van der Waals surface area contributed by atoms with E-state index in [4.69, 9.17) is 4.74 Å². The van der Waals surface area contributed by atoms with Crippen molar-refractivity contribution in [1.82, 2.24) is 0 Å². The highest BCUT2D eigenvalue weighted by Crippen LogP contribution is 2.38. The minimum absolute atomic E-state index is 0.181. The van der Waals surface area contributed by atoms with Crippen LogP contribution in [0.3, 0.4) is 0 Å². The SMILES string of the molecule is Cc1ccc(-c2cc(F)cc3c2OCCC3)c(C)c1. The van der Waals surface area contributed by atoms with Crippen LogP contribution in [0.5, 0.6) is 5.75 Å². The molecule has 0 atom stereocenters. The first kappa shape index (κ1) is 12.2. The Bertz CT molecular complexity index is 631. The first-order chi connectivity index (χ1) is 9.15. The summed E-state index contributed by atoms with van der Waals surface area (Å²) in [6.45, 7) is 4.84. The number of halogens is 1. The van der Waals surface area contributed by atoms with E-state index in [1.54, 1.807) is 12.1 Å². The molecule has 3 rings (SSSR count). The zero-order valence-corrected chi connectivity index (χ0v) is 11.3. The second-order valence-corrected chi connectivity index (χ2v) is 5.21. The molecule has 1 aliphatic heterocycles. The molecular weight excluding hydrogens is 239 g/mol. The smallest absolute Gasteiger partial charge is 0.130 e. The molecule has 2 heteroatoms. The van der Waals surface area contributed by atoms with Crippen molar-refractivity contribution in [2.24, 2.45) is 0 Å². The van der Waals surface area contributed by atoms with Crippen molar-refractivity contribution in [2.75, 3.05) is 6.61 Å². The van der Waals surface area contributed by atoms with Crippen LogP contribution in [0.1, 0.15) is 23.1 Å². The maximum atomic E-state index is 13.8. The third-order valence-electron chi connectivity index (χ3n) is 3.64. The van der Waals surface area contributed by atoms with Crippen LogP contribution in [0.25, 0.3) is 11.1 Å². The van der Waals surface area contributed by atoms with Gasteiger partial charge in [-0.2, -0.15) is 0 Å². The molecule has 1 heterocycles.